The summed E-state index contributed by atoms with van der Waals surface area (Å²) in [6, 6.07) is 7.16. The summed E-state index contributed by atoms with van der Waals surface area (Å²) in [5.74, 6) is 0.0225. The minimum Gasteiger partial charge on any atom is -0.366 e. The van der Waals surface area contributed by atoms with Crippen LogP contribution in [-0.4, -0.2) is 52.5 Å². The van der Waals surface area contributed by atoms with Crippen molar-refractivity contribution in [2.24, 2.45) is 5.92 Å². The molecular weight excluding hydrogens is 350 g/mol. The molecule has 27 heavy (non-hydrogen) atoms. The molecule has 9 nitrogen and oxygen atoms in total. The summed E-state index contributed by atoms with van der Waals surface area (Å²) in [6.07, 6.45) is 1.05. The maximum atomic E-state index is 12.2. The number of fused-ring (bicyclic) bond motifs is 1. The third-order valence-electron chi connectivity index (χ3n) is 4.74. The van der Waals surface area contributed by atoms with E-state index in [1.165, 1.54) is 0 Å². The molecule has 1 atom stereocenters. The molecule has 2 aliphatic rings. The second kappa shape index (κ2) is 7.45. The Kier molecular flexibility index (Phi) is 4.87. The number of carbonyl (C=O) groups is 2. The number of ether oxygens (including phenoxy) is 1. The Labute approximate surface area is 155 Å². The van der Waals surface area contributed by atoms with E-state index in [-0.39, 0.29) is 23.3 Å². The van der Waals surface area contributed by atoms with Crippen LogP contribution in [0.5, 0.6) is 0 Å². The maximum Gasteiger partial charge on any atom is 0.268 e. The van der Waals surface area contributed by atoms with Gasteiger partial charge in [-0.15, -0.1) is 0 Å². The third-order valence-corrected chi connectivity index (χ3v) is 4.74. The number of amides is 2. The van der Waals surface area contributed by atoms with Crippen LogP contribution in [0, 0.1) is 5.92 Å². The van der Waals surface area contributed by atoms with Crippen molar-refractivity contribution in [1.82, 2.24) is 25.7 Å². The van der Waals surface area contributed by atoms with Crippen molar-refractivity contribution in [2.75, 3.05) is 19.7 Å². The third kappa shape index (κ3) is 4.15. The van der Waals surface area contributed by atoms with Crippen LogP contribution < -0.4 is 16.4 Å². The van der Waals surface area contributed by atoms with Gasteiger partial charge in [-0.2, -0.15) is 0 Å². The van der Waals surface area contributed by atoms with Crippen LogP contribution in [0.3, 0.4) is 0 Å². The van der Waals surface area contributed by atoms with E-state index >= 15 is 0 Å². The molecule has 2 fully saturated rings. The van der Waals surface area contributed by atoms with Crippen LogP contribution in [0.15, 0.2) is 29.1 Å². The zero-order valence-corrected chi connectivity index (χ0v) is 14.7. The number of benzene rings is 1. The minimum atomic E-state index is -0.689. The number of nitrogens with one attached hydrogen (secondary N) is 3. The van der Waals surface area contributed by atoms with Gasteiger partial charge < -0.3 is 9.72 Å². The zero-order chi connectivity index (χ0) is 18.8. The molecule has 0 bridgehead atoms. The molecule has 0 unspecified atom stereocenters. The van der Waals surface area contributed by atoms with Gasteiger partial charge in [0, 0.05) is 19.0 Å². The molecule has 142 valence electrons. The van der Waals surface area contributed by atoms with Crippen LogP contribution in [-0.2, 0) is 20.9 Å². The fourth-order valence-electron chi connectivity index (χ4n) is 3.08. The van der Waals surface area contributed by atoms with Crippen molar-refractivity contribution in [3.8, 4) is 0 Å². The predicted molar refractivity (Wildman–Crippen MR) is 96.4 cm³/mol. The number of aromatic amines is 1. The molecule has 9 heteroatoms. The fourth-order valence-corrected chi connectivity index (χ4v) is 3.08. The van der Waals surface area contributed by atoms with E-state index in [1.807, 2.05) is 11.0 Å². The van der Waals surface area contributed by atoms with Gasteiger partial charge in [0.05, 0.1) is 24.1 Å². The topological polar surface area (TPSA) is 116 Å². The monoisotopic (exact) mass is 371 g/mol. The molecule has 1 aliphatic heterocycles. The largest absolute Gasteiger partial charge is 0.366 e. The van der Waals surface area contributed by atoms with E-state index in [2.05, 4.69) is 20.8 Å². The number of hydrogen-bond acceptors (Lipinski definition) is 6. The van der Waals surface area contributed by atoms with Crippen molar-refractivity contribution < 1.29 is 14.3 Å². The molecule has 1 aliphatic carbocycles. The number of nitrogens with zero attached hydrogens (tertiary/aromatic N) is 2. The molecule has 1 saturated heterocycles. The van der Waals surface area contributed by atoms with Gasteiger partial charge in [0.15, 0.2) is 6.10 Å². The molecule has 0 spiro atoms. The summed E-state index contributed by atoms with van der Waals surface area (Å²) >= 11 is 0. The highest BCUT2D eigenvalue weighted by Gasteiger charge is 2.31. The summed E-state index contributed by atoms with van der Waals surface area (Å²) in [6.45, 7) is 1.75. The number of rotatable bonds is 4. The number of para-hydroxylation sites is 1. The summed E-state index contributed by atoms with van der Waals surface area (Å²) in [4.78, 5) is 45.3. The average Bonchev–Trinajstić information content (AvgIpc) is 3.51. The van der Waals surface area contributed by atoms with E-state index in [0.717, 1.165) is 12.8 Å². The van der Waals surface area contributed by atoms with E-state index in [0.29, 0.717) is 43.0 Å². The molecule has 3 N–H and O–H groups in total. The van der Waals surface area contributed by atoms with E-state index < -0.39 is 6.10 Å². The standard InChI is InChI=1S/C18H21N5O4/c24-16(11-5-6-11)21-22-18(26)14-9-23(7-8-27-14)10-15-19-13-4-2-1-3-12(13)17(25)20-15/h1-4,11,14H,5-10H2,(H,21,24)(H,22,26)(H,19,20,25)/t14-/m0/s1. The number of hydrogen-bond donors (Lipinski definition) is 3. The first kappa shape index (κ1) is 17.6. The molecule has 1 saturated carbocycles. The van der Waals surface area contributed by atoms with Crippen molar-refractivity contribution in [1.29, 1.82) is 0 Å². The Balaban J connectivity index is 1.37. The lowest BCUT2D eigenvalue weighted by Gasteiger charge is -2.31. The lowest BCUT2D eigenvalue weighted by atomic mass is 10.2. The van der Waals surface area contributed by atoms with E-state index in [9.17, 15) is 14.4 Å². The van der Waals surface area contributed by atoms with Gasteiger partial charge in [-0.25, -0.2) is 4.98 Å². The van der Waals surface area contributed by atoms with Gasteiger partial charge in [0.1, 0.15) is 5.82 Å². The first-order valence-electron chi connectivity index (χ1n) is 9.02. The molecule has 2 heterocycles. The smallest absolute Gasteiger partial charge is 0.268 e. The Morgan fingerprint density at radius 2 is 2.00 bits per heavy atom. The van der Waals surface area contributed by atoms with Gasteiger partial charge in [0.25, 0.3) is 11.5 Å². The lowest BCUT2D eigenvalue weighted by Crippen LogP contribution is -2.53. The quantitative estimate of drug-likeness (QED) is 0.635. The van der Waals surface area contributed by atoms with Crippen LogP contribution in [0.25, 0.3) is 10.9 Å². The molecule has 2 aromatic rings. The molecule has 1 aromatic heterocycles. The zero-order valence-electron chi connectivity index (χ0n) is 14.7. The second-order valence-electron chi connectivity index (χ2n) is 6.88. The Morgan fingerprint density at radius 1 is 1.22 bits per heavy atom. The van der Waals surface area contributed by atoms with Gasteiger partial charge in [0.2, 0.25) is 5.91 Å². The fraction of sp³-hybridized carbons (Fsp3) is 0.444. The molecular formula is C18H21N5O4. The highest BCUT2D eigenvalue weighted by molar-refractivity contribution is 5.86. The Hall–Kier alpha value is -2.78. The van der Waals surface area contributed by atoms with Crippen LogP contribution in [0.1, 0.15) is 18.7 Å². The van der Waals surface area contributed by atoms with E-state index in [1.54, 1.807) is 18.2 Å². The van der Waals surface area contributed by atoms with Crippen molar-refractivity contribution in [3.05, 3.63) is 40.4 Å². The van der Waals surface area contributed by atoms with Gasteiger partial charge in [-0.1, -0.05) is 12.1 Å². The average molecular weight is 371 g/mol. The highest BCUT2D eigenvalue weighted by atomic mass is 16.5. The van der Waals surface area contributed by atoms with Crippen molar-refractivity contribution >= 4 is 22.7 Å². The summed E-state index contributed by atoms with van der Waals surface area (Å²) in [5.41, 5.74) is 5.33. The summed E-state index contributed by atoms with van der Waals surface area (Å²) in [7, 11) is 0. The van der Waals surface area contributed by atoms with Crippen LogP contribution in [0.4, 0.5) is 0 Å². The first-order chi connectivity index (χ1) is 13.1. The second-order valence-corrected chi connectivity index (χ2v) is 6.88. The maximum absolute atomic E-state index is 12.2. The van der Waals surface area contributed by atoms with Gasteiger partial charge in [-0.3, -0.25) is 30.1 Å². The van der Waals surface area contributed by atoms with Crippen molar-refractivity contribution in [2.45, 2.75) is 25.5 Å². The predicted octanol–water partition coefficient (Wildman–Crippen LogP) is -0.319. The molecule has 4 rings (SSSR count). The van der Waals surface area contributed by atoms with Crippen LogP contribution >= 0.6 is 0 Å². The number of hydrazine groups is 1. The summed E-state index contributed by atoms with van der Waals surface area (Å²) < 4.78 is 5.51. The first-order valence-corrected chi connectivity index (χ1v) is 9.02. The molecule has 1 aromatic carbocycles. The number of carbonyl (C=O) groups excluding carboxylic acids is 2. The normalized spacial score (nSPS) is 20.4. The van der Waals surface area contributed by atoms with Gasteiger partial charge in [-0.05, 0) is 25.0 Å². The number of morpholine rings is 1. The molecule has 2 amide bonds. The van der Waals surface area contributed by atoms with Gasteiger partial charge >= 0.3 is 0 Å². The highest BCUT2D eigenvalue weighted by Crippen LogP contribution is 2.28. The van der Waals surface area contributed by atoms with E-state index in [4.69, 9.17) is 4.74 Å². The van der Waals surface area contributed by atoms with Crippen molar-refractivity contribution in [3.63, 3.8) is 0 Å². The Bertz CT molecular complexity index is 923. The summed E-state index contributed by atoms with van der Waals surface area (Å²) in [5, 5.41) is 0.548. The number of H-pyrrole nitrogens is 1. The van der Waals surface area contributed by atoms with Crippen LogP contribution in [0.2, 0.25) is 0 Å². The lowest BCUT2D eigenvalue weighted by molar-refractivity contribution is -0.142. The molecule has 0 radical (unpaired) electrons. The SMILES string of the molecule is O=C(NNC(=O)[C@@H]1CN(Cc2nc3ccccc3c(=O)[nH]2)CCO1)C1CC1. The minimum absolute atomic E-state index is 0.0184. The number of aromatic nitrogens is 2. The Morgan fingerprint density at radius 3 is 2.81 bits per heavy atom.